The molecule has 84 valence electrons. The molecule has 1 aromatic rings. The predicted molar refractivity (Wildman–Crippen MR) is 64.3 cm³/mol. The highest BCUT2D eigenvalue weighted by molar-refractivity contribution is 7.99. The van der Waals surface area contributed by atoms with Gasteiger partial charge in [0.1, 0.15) is 0 Å². The molecule has 0 radical (unpaired) electrons. The van der Waals surface area contributed by atoms with Crippen LogP contribution in [0.2, 0.25) is 0 Å². The number of thioether (sulfide) groups is 1. The van der Waals surface area contributed by atoms with Crippen molar-refractivity contribution in [2.75, 3.05) is 12.4 Å². The van der Waals surface area contributed by atoms with Gasteiger partial charge in [-0.3, -0.25) is 4.79 Å². The quantitative estimate of drug-likeness (QED) is 0.722. The van der Waals surface area contributed by atoms with Crippen LogP contribution in [0.25, 0.3) is 0 Å². The molecule has 0 atom stereocenters. The summed E-state index contributed by atoms with van der Waals surface area (Å²) in [6, 6.07) is 0. The van der Waals surface area contributed by atoms with E-state index in [-0.39, 0.29) is 5.97 Å². The number of aryl methyl sites for hydroxylation is 1. The van der Waals surface area contributed by atoms with E-state index in [9.17, 15) is 4.79 Å². The Bertz CT molecular complexity index is 312. The van der Waals surface area contributed by atoms with E-state index in [0.29, 0.717) is 12.4 Å². The zero-order valence-electron chi connectivity index (χ0n) is 8.99. The van der Waals surface area contributed by atoms with E-state index in [0.717, 1.165) is 22.9 Å². The Morgan fingerprint density at radius 2 is 2.40 bits per heavy atom. The lowest BCUT2D eigenvalue weighted by molar-refractivity contribution is -0.139. The van der Waals surface area contributed by atoms with Crippen molar-refractivity contribution >= 4 is 29.1 Å². The number of rotatable bonds is 6. The van der Waals surface area contributed by atoms with E-state index in [1.165, 1.54) is 0 Å². The number of nitrogens with zero attached hydrogens (tertiary/aromatic N) is 1. The van der Waals surface area contributed by atoms with Crippen molar-refractivity contribution in [1.82, 2.24) is 4.98 Å². The van der Waals surface area contributed by atoms with Crippen LogP contribution in [-0.4, -0.2) is 23.3 Å². The first-order valence-electron chi connectivity index (χ1n) is 4.92. The first kappa shape index (κ1) is 12.5. The molecular weight excluding hydrogens is 230 g/mol. The molecule has 0 bridgehead atoms. The van der Waals surface area contributed by atoms with Crippen molar-refractivity contribution in [1.29, 1.82) is 0 Å². The van der Waals surface area contributed by atoms with Crippen molar-refractivity contribution in [2.45, 2.75) is 26.0 Å². The maximum absolute atomic E-state index is 11.0. The van der Waals surface area contributed by atoms with E-state index in [1.54, 1.807) is 23.1 Å². The molecule has 0 amide bonds. The lowest BCUT2D eigenvalue weighted by Crippen LogP contribution is -2.06. The molecule has 1 aromatic heterocycles. The minimum absolute atomic E-state index is 0.145. The average Bonchev–Trinajstić information content (AvgIpc) is 2.66. The molecule has 0 aliphatic carbocycles. The standard InChI is InChI=1S/C10H15NO2S2/c1-3-9-11-8(6-15-9)5-14-7-10(12)13-4-2/h6H,3-5,7H2,1-2H3. The van der Waals surface area contributed by atoms with E-state index in [1.807, 2.05) is 6.92 Å². The van der Waals surface area contributed by atoms with Gasteiger partial charge >= 0.3 is 5.97 Å². The molecule has 1 heterocycles. The van der Waals surface area contributed by atoms with Crippen LogP contribution in [0.15, 0.2) is 5.38 Å². The Hall–Kier alpha value is -0.550. The summed E-state index contributed by atoms with van der Waals surface area (Å²) in [6.07, 6.45) is 0.979. The van der Waals surface area contributed by atoms with Gasteiger partial charge < -0.3 is 4.74 Å². The second-order valence-electron chi connectivity index (χ2n) is 2.88. The minimum Gasteiger partial charge on any atom is -0.465 e. The summed E-state index contributed by atoms with van der Waals surface area (Å²) in [4.78, 5) is 15.5. The summed E-state index contributed by atoms with van der Waals surface area (Å²) in [5, 5.41) is 3.21. The molecule has 3 nitrogen and oxygen atoms in total. The fourth-order valence-corrected chi connectivity index (χ4v) is 2.58. The molecule has 0 unspecified atom stereocenters. The lowest BCUT2D eigenvalue weighted by Gasteiger charge is -1.99. The molecule has 1 rings (SSSR count). The molecule has 0 saturated heterocycles. The summed E-state index contributed by atoms with van der Waals surface area (Å²) in [5.41, 5.74) is 1.06. The lowest BCUT2D eigenvalue weighted by atomic mass is 10.5. The first-order valence-corrected chi connectivity index (χ1v) is 6.96. The Morgan fingerprint density at radius 3 is 3.00 bits per heavy atom. The largest absolute Gasteiger partial charge is 0.465 e. The molecule has 0 N–H and O–H groups in total. The SMILES string of the molecule is CCOC(=O)CSCc1csc(CC)n1. The number of carbonyl (C=O) groups is 1. The smallest absolute Gasteiger partial charge is 0.315 e. The highest BCUT2D eigenvalue weighted by Crippen LogP contribution is 2.16. The maximum Gasteiger partial charge on any atom is 0.315 e. The van der Waals surface area contributed by atoms with Crippen LogP contribution in [0, 0.1) is 0 Å². The van der Waals surface area contributed by atoms with Gasteiger partial charge in [0.05, 0.1) is 23.1 Å². The average molecular weight is 245 g/mol. The van der Waals surface area contributed by atoms with Gasteiger partial charge in [0, 0.05) is 11.1 Å². The van der Waals surface area contributed by atoms with E-state index < -0.39 is 0 Å². The zero-order valence-corrected chi connectivity index (χ0v) is 10.6. The predicted octanol–water partition coefficient (Wildman–Crippen LogP) is 2.50. The topological polar surface area (TPSA) is 39.2 Å². The van der Waals surface area contributed by atoms with Crippen molar-refractivity contribution in [3.8, 4) is 0 Å². The normalized spacial score (nSPS) is 10.3. The number of hydrogen-bond acceptors (Lipinski definition) is 5. The molecule has 0 spiro atoms. The Labute approximate surface area is 98.2 Å². The second-order valence-corrected chi connectivity index (χ2v) is 4.81. The van der Waals surface area contributed by atoms with Crippen LogP contribution in [0.1, 0.15) is 24.5 Å². The fraction of sp³-hybridized carbons (Fsp3) is 0.600. The Morgan fingerprint density at radius 1 is 1.60 bits per heavy atom. The van der Waals surface area contributed by atoms with E-state index >= 15 is 0 Å². The number of hydrogen-bond donors (Lipinski definition) is 0. The molecule has 0 fully saturated rings. The van der Waals surface area contributed by atoms with Gasteiger partial charge in [-0.25, -0.2) is 4.98 Å². The summed E-state index contributed by atoms with van der Waals surface area (Å²) in [6.45, 7) is 4.36. The first-order chi connectivity index (χ1) is 7.26. The van der Waals surface area contributed by atoms with Gasteiger partial charge in [0.15, 0.2) is 0 Å². The third kappa shape index (κ3) is 4.66. The van der Waals surface area contributed by atoms with Crippen molar-refractivity contribution in [2.24, 2.45) is 0 Å². The number of carbonyl (C=O) groups excluding carboxylic acids is 1. The van der Waals surface area contributed by atoms with Gasteiger partial charge in [-0.2, -0.15) is 0 Å². The van der Waals surface area contributed by atoms with Crippen LogP contribution < -0.4 is 0 Å². The fourth-order valence-electron chi connectivity index (χ4n) is 1.02. The molecular formula is C10H15NO2S2. The van der Waals surface area contributed by atoms with Crippen molar-refractivity contribution in [3.63, 3.8) is 0 Å². The molecule has 0 aliphatic rings. The van der Waals surface area contributed by atoms with Crippen LogP contribution in [0.4, 0.5) is 0 Å². The van der Waals surface area contributed by atoms with Crippen LogP contribution in [0.5, 0.6) is 0 Å². The van der Waals surface area contributed by atoms with Gasteiger partial charge in [-0.05, 0) is 13.3 Å². The van der Waals surface area contributed by atoms with E-state index in [4.69, 9.17) is 4.74 Å². The molecule has 0 aliphatic heterocycles. The van der Waals surface area contributed by atoms with Crippen molar-refractivity contribution in [3.05, 3.63) is 16.1 Å². The summed E-state index contributed by atoms with van der Waals surface area (Å²) in [7, 11) is 0. The molecule has 0 aromatic carbocycles. The van der Waals surface area contributed by atoms with Gasteiger partial charge in [-0.15, -0.1) is 23.1 Å². The number of ether oxygens (including phenoxy) is 1. The Kier molecular flexibility index (Phi) is 5.71. The molecule has 15 heavy (non-hydrogen) atoms. The summed E-state index contributed by atoms with van der Waals surface area (Å²) in [5.74, 6) is 1.05. The molecule has 5 heteroatoms. The van der Waals surface area contributed by atoms with Crippen LogP contribution in [0.3, 0.4) is 0 Å². The summed E-state index contributed by atoms with van der Waals surface area (Å²) >= 11 is 3.23. The zero-order chi connectivity index (χ0) is 11.1. The highest BCUT2D eigenvalue weighted by Gasteiger charge is 2.04. The third-order valence-corrected chi connectivity index (χ3v) is 3.66. The van der Waals surface area contributed by atoms with Crippen LogP contribution >= 0.6 is 23.1 Å². The number of aromatic nitrogens is 1. The van der Waals surface area contributed by atoms with Gasteiger partial charge in [0.25, 0.3) is 0 Å². The summed E-state index contributed by atoms with van der Waals surface area (Å²) < 4.78 is 4.83. The van der Waals surface area contributed by atoms with E-state index in [2.05, 4.69) is 17.3 Å². The Balaban J connectivity index is 2.22. The number of esters is 1. The highest BCUT2D eigenvalue weighted by atomic mass is 32.2. The van der Waals surface area contributed by atoms with Crippen molar-refractivity contribution < 1.29 is 9.53 Å². The molecule has 0 saturated carbocycles. The van der Waals surface area contributed by atoms with Crippen LogP contribution in [-0.2, 0) is 21.7 Å². The minimum atomic E-state index is -0.145. The second kappa shape index (κ2) is 6.85. The monoisotopic (exact) mass is 245 g/mol. The number of thiazole rings is 1. The maximum atomic E-state index is 11.0. The van der Waals surface area contributed by atoms with Gasteiger partial charge in [-0.1, -0.05) is 6.92 Å². The third-order valence-electron chi connectivity index (χ3n) is 1.68. The van der Waals surface area contributed by atoms with Gasteiger partial charge in [0.2, 0.25) is 0 Å².